The molecule has 0 amide bonds. The third kappa shape index (κ3) is 4.83. The second-order valence-corrected chi connectivity index (χ2v) is 7.09. The van der Waals surface area contributed by atoms with Crippen LogP contribution in [0.4, 0.5) is 0 Å². The Hall–Kier alpha value is -0.300. The Balaban J connectivity index is 2.55. The van der Waals surface area contributed by atoms with Crippen molar-refractivity contribution < 1.29 is 0 Å². The molecule has 0 aromatic carbocycles. The van der Waals surface area contributed by atoms with Gasteiger partial charge in [-0.3, -0.25) is 0 Å². The van der Waals surface area contributed by atoms with Crippen LogP contribution in [-0.2, 0) is 0 Å². The molecule has 0 saturated heterocycles. The van der Waals surface area contributed by atoms with Gasteiger partial charge in [0.25, 0.3) is 0 Å². The van der Waals surface area contributed by atoms with Crippen LogP contribution in [0.2, 0.25) is 0 Å². The maximum absolute atomic E-state index is 6.06. The fourth-order valence-corrected chi connectivity index (χ4v) is 2.45. The van der Waals surface area contributed by atoms with Crippen molar-refractivity contribution in [3.8, 4) is 0 Å². The number of allylic oxidation sites excluding steroid dienone is 1. The normalized spacial score (nSPS) is 26.3. The first-order chi connectivity index (χ1) is 6.68. The molecule has 1 nitrogen and oxygen atoms in total. The molecule has 0 aromatic rings. The lowest BCUT2D eigenvalue weighted by molar-refractivity contribution is 0.289. The molecule has 88 valence electrons. The number of hydrogen-bond donors (Lipinski definition) is 1. The zero-order chi connectivity index (χ0) is 11.7. The third-order valence-electron chi connectivity index (χ3n) is 3.14. The quantitative estimate of drug-likeness (QED) is 0.686. The highest BCUT2D eigenvalue weighted by Crippen LogP contribution is 2.37. The lowest BCUT2D eigenvalue weighted by atomic mass is 9.73. The molecule has 2 N–H and O–H groups in total. The monoisotopic (exact) mass is 209 g/mol. The fourth-order valence-electron chi connectivity index (χ4n) is 2.45. The van der Waals surface area contributed by atoms with E-state index in [1.54, 1.807) is 5.57 Å². The maximum Gasteiger partial charge on any atom is 0.0231 e. The molecule has 0 fully saturated rings. The maximum atomic E-state index is 6.06. The minimum absolute atomic E-state index is 0.281. The van der Waals surface area contributed by atoms with Gasteiger partial charge in [-0.1, -0.05) is 46.3 Å². The molecule has 0 heterocycles. The first-order valence-electron chi connectivity index (χ1n) is 6.13. The van der Waals surface area contributed by atoms with Crippen LogP contribution in [0, 0.1) is 10.8 Å². The summed E-state index contributed by atoms with van der Waals surface area (Å²) in [5.41, 5.74) is 8.48. The summed E-state index contributed by atoms with van der Waals surface area (Å²) in [7, 11) is 0. The Labute approximate surface area is 95.1 Å². The Morgan fingerprint density at radius 2 is 2.00 bits per heavy atom. The summed E-state index contributed by atoms with van der Waals surface area (Å²) in [6.07, 6.45) is 7.15. The highest BCUT2D eigenvalue weighted by atomic mass is 14.6. The van der Waals surface area contributed by atoms with Crippen molar-refractivity contribution in [3.63, 3.8) is 0 Å². The Morgan fingerprint density at radius 1 is 1.40 bits per heavy atom. The molecular weight excluding hydrogens is 182 g/mol. The standard InChI is InChI=1S/C14H27N/c1-13(2,3)7-6-11-8-12(15)10-14(4,5)9-11/h8,12H,6-7,9-10,15H2,1-5H3. The lowest BCUT2D eigenvalue weighted by Gasteiger charge is -2.34. The summed E-state index contributed by atoms with van der Waals surface area (Å²) < 4.78 is 0. The smallest absolute Gasteiger partial charge is 0.0231 e. The van der Waals surface area contributed by atoms with E-state index in [4.69, 9.17) is 5.73 Å². The van der Waals surface area contributed by atoms with Crippen LogP contribution >= 0.6 is 0 Å². The zero-order valence-corrected chi connectivity index (χ0v) is 11.1. The van der Waals surface area contributed by atoms with E-state index >= 15 is 0 Å². The minimum Gasteiger partial charge on any atom is -0.324 e. The van der Waals surface area contributed by atoms with Gasteiger partial charge in [-0.2, -0.15) is 0 Å². The van der Waals surface area contributed by atoms with Crippen molar-refractivity contribution >= 4 is 0 Å². The Morgan fingerprint density at radius 3 is 2.47 bits per heavy atom. The Kier molecular flexibility index (Phi) is 3.65. The third-order valence-corrected chi connectivity index (χ3v) is 3.14. The van der Waals surface area contributed by atoms with Crippen LogP contribution in [0.1, 0.15) is 60.3 Å². The molecule has 1 heteroatoms. The van der Waals surface area contributed by atoms with E-state index in [0.717, 1.165) is 6.42 Å². The second kappa shape index (κ2) is 4.29. The molecule has 0 spiro atoms. The van der Waals surface area contributed by atoms with Crippen molar-refractivity contribution in [3.05, 3.63) is 11.6 Å². The molecule has 0 radical (unpaired) electrons. The van der Waals surface area contributed by atoms with Gasteiger partial charge in [-0.25, -0.2) is 0 Å². The van der Waals surface area contributed by atoms with Gasteiger partial charge in [0.1, 0.15) is 0 Å². The van der Waals surface area contributed by atoms with Crippen LogP contribution < -0.4 is 5.73 Å². The van der Waals surface area contributed by atoms with Gasteiger partial charge in [0.2, 0.25) is 0 Å². The van der Waals surface area contributed by atoms with Crippen molar-refractivity contribution in [2.45, 2.75) is 66.3 Å². The first kappa shape index (κ1) is 12.8. The van der Waals surface area contributed by atoms with Gasteiger partial charge in [-0.05, 0) is 36.5 Å². The summed E-state index contributed by atoms with van der Waals surface area (Å²) in [5, 5.41) is 0. The van der Waals surface area contributed by atoms with E-state index in [9.17, 15) is 0 Å². The first-order valence-corrected chi connectivity index (χ1v) is 6.13. The van der Waals surface area contributed by atoms with E-state index in [1.165, 1.54) is 19.3 Å². The summed E-state index contributed by atoms with van der Waals surface area (Å²) in [4.78, 5) is 0. The van der Waals surface area contributed by atoms with Crippen molar-refractivity contribution in [1.29, 1.82) is 0 Å². The molecule has 1 aliphatic rings. The van der Waals surface area contributed by atoms with E-state index in [1.807, 2.05) is 0 Å². The molecule has 15 heavy (non-hydrogen) atoms. The fraction of sp³-hybridized carbons (Fsp3) is 0.857. The number of hydrogen-bond acceptors (Lipinski definition) is 1. The molecule has 0 saturated carbocycles. The van der Waals surface area contributed by atoms with E-state index < -0.39 is 0 Å². The van der Waals surface area contributed by atoms with Gasteiger partial charge in [0.15, 0.2) is 0 Å². The lowest BCUT2D eigenvalue weighted by Crippen LogP contribution is -2.31. The van der Waals surface area contributed by atoms with Gasteiger partial charge in [0.05, 0.1) is 0 Å². The van der Waals surface area contributed by atoms with Gasteiger partial charge in [0, 0.05) is 6.04 Å². The summed E-state index contributed by atoms with van der Waals surface area (Å²) in [6, 6.07) is 0.281. The Bertz CT molecular complexity index is 243. The van der Waals surface area contributed by atoms with Gasteiger partial charge in [-0.15, -0.1) is 0 Å². The topological polar surface area (TPSA) is 26.0 Å². The SMILES string of the molecule is CC(C)(C)CCC1=CC(N)CC(C)(C)C1. The largest absolute Gasteiger partial charge is 0.324 e. The molecule has 0 aliphatic heterocycles. The van der Waals surface area contributed by atoms with E-state index in [0.29, 0.717) is 10.8 Å². The van der Waals surface area contributed by atoms with Gasteiger partial charge < -0.3 is 5.73 Å². The zero-order valence-electron chi connectivity index (χ0n) is 11.1. The molecule has 1 aliphatic carbocycles. The van der Waals surface area contributed by atoms with E-state index in [2.05, 4.69) is 40.7 Å². The average Bonchev–Trinajstić information content (AvgIpc) is 1.95. The van der Waals surface area contributed by atoms with Gasteiger partial charge >= 0.3 is 0 Å². The van der Waals surface area contributed by atoms with Crippen LogP contribution in [0.15, 0.2) is 11.6 Å². The molecule has 0 aromatic heterocycles. The van der Waals surface area contributed by atoms with Crippen LogP contribution in [0.3, 0.4) is 0 Å². The predicted octanol–water partition coefficient (Wildman–Crippen LogP) is 3.89. The summed E-state index contributed by atoms with van der Waals surface area (Å²) in [5.74, 6) is 0. The van der Waals surface area contributed by atoms with Crippen LogP contribution in [0.25, 0.3) is 0 Å². The van der Waals surface area contributed by atoms with Crippen molar-refractivity contribution in [1.82, 2.24) is 0 Å². The average molecular weight is 209 g/mol. The van der Waals surface area contributed by atoms with Crippen molar-refractivity contribution in [2.24, 2.45) is 16.6 Å². The minimum atomic E-state index is 0.281. The van der Waals surface area contributed by atoms with Crippen LogP contribution in [-0.4, -0.2) is 6.04 Å². The second-order valence-electron chi connectivity index (χ2n) is 7.09. The highest BCUT2D eigenvalue weighted by Gasteiger charge is 2.27. The summed E-state index contributed by atoms with van der Waals surface area (Å²) in [6.45, 7) is 11.6. The molecule has 1 atom stereocenters. The molecule has 1 rings (SSSR count). The number of nitrogens with two attached hydrogens (primary N) is 1. The number of rotatable bonds is 2. The predicted molar refractivity (Wildman–Crippen MR) is 67.8 cm³/mol. The molecule has 0 bridgehead atoms. The highest BCUT2D eigenvalue weighted by molar-refractivity contribution is 5.14. The van der Waals surface area contributed by atoms with E-state index in [-0.39, 0.29) is 6.04 Å². The molecule has 1 unspecified atom stereocenters. The molecular formula is C14H27N. The summed E-state index contributed by atoms with van der Waals surface area (Å²) >= 11 is 0. The van der Waals surface area contributed by atoms with Crippen molar-refractivity contribution in [2.75, 3.05) is 0 Å². The van der Waals surface area contributed by atoms with Crippen LogP contribution in [0.5, 0.6) is 0 Å².